The molecule has 2 fully saturated rings. The second-order valence-corrected chi connectivity index (χ2v) is 8.23. The molecule has 2 aliphatic rings. The molecule has 0 spiro atoms. The van der Waals surface area contributed by atoms with E-state index in [1.807, 2.05) is 54.6 Å². The summed E-state index contributed by atoms with van der Waals surface area (Å²) in [5, 5.41) is 0. The lowest BCUT2D eigenvalue weighted by molar-refractivity contribution is -0.132. The van der Waals surface area contributed by atoms with Crippen molar-refractivity contribution >= 4 is 39.3 Å². The van der Waals surface area contributed by atoms with Crippen LogP contribution in [0.1, 0.15) is 24.4 Å². The maximum absolute atomic E-state index is 12.5. The maximum Gasteiger partial charge on any atom is 0.256 e. The Morgan fingerprint density at radius 2 is 1.67 bits per heavy atom. The molecule has 2 saturated heterocycles. The van der Waals surface area contributed by atoms with E-state index in [-0.39, 0.29) is 36.7 Å². The first-order valence-corrected chi connectivity index (χ1v) is 10.5. The quantitative estimate of drug-likeness (QED) is 0.506. The molecule has 0 radical (unpaired) electrons. The van der Waals surface area contributed by atoms with Gasteiger partial charge in [-0.15, -0.1) is 0 Å². The standard InChI is InChI=1S/C21H22BrN5O3/c22-15-8-4-5-9-18(15)27-12-14(10-19(27)28)20(29)25-26-21(30)17-11-16(23-24-17)13-6-2-1-3-7-13/h1-9,14,16-17,23-24H,10-12H2,(H,25,29)(H,26,30). The molecular weight excluding hydrogens is 450 g/mol. The average Bonchev–Trinajstić information content (AvgIpc) is 3.40. The highest BCUT2D eigenvalue weighted by Gasteiger charge is 2.36. The lowest BCUT2D eigenvalue weighted by Gasteiger charge is -2.18. The van der Waals surface area contributed by atoms with Crippen LogP contribution in [-0.2, 0) is 14.4 Å². The van der Waals surface area contributed by atoms with Gasteiger partial charge in [0.1, 0.15) is 6.04 Å². The summed E-state index contributed by atoms with van der Waals surface area (Å²) in [6, 6.07) is 16.7. The third-order valence-electron chi connectivity index (χ3n) is 5.37. The number of rotatable bonds is 4. The minimum atomic E-state index is -0.531. The van der Waals surface area contributed by atoms with E-state index >= 15 is 0 Å². The summed E-state index contributed by atoms with van der Waals surface area (Å²) in [4.78, 5) is 38.9. The van der Waals surface area contributed by atoms with E-state index in [9.17, 15) is 14.4 Å². The van der Waals surface area contributed by atoms with Gasteiger partial charge in [0.25, 0.3) is 5.91 Å². The number of anilines is 1. The summed E-state index contributed by atoms with van der Waals surface area (Å²) < 4.78 is 0.792. The van der Waals surface area contributed by atoms with Crippen LogP contribution in [-0.4, -0.2) is 30.3 Å². The number of nitrogens with zero attached hydrogens (tertiary/aromatic N) is 1. The van der Waals surface area contributed by atoms with Crippen LogP contribution in [0, 0.1) is 5.92 Å². The summed E-state index contributed by atoms with van der Waals surface area (Å²) in [6.07, 6.45) is 0.659. The molecule has 2 heterocycles. The fourth-order valence-electron chi connectivity index (χ4n) is 3.73. The van der Waals surface area contributed by atoms with Gasteiger partial charge >= 0.3 is 0 Å². The Kier molecular flexibility index (Phi) is 6.12. The third kappa shape index (κ3) is 4.38. The highest BCUT2D eigenvalue weighted by atomic mass is 79.9. The zero-order valence-corrected chi connectivity index (χ0v) is 17.7. The largest absolute Gasteiger partial charge is 0.310 e. The fraction of sp³-hybridized carbons (Fsp3) is 0.286. The first kappa shape index (κ1) is 20.5. The molecule has 2 aliphatic heterocycles. The summed E-state index contributed by atoms with van der Waals surface area (Å²) >= 11 is 3.44. The molecule has 4 rings (SSSR count). The lowest BCUT2D eigenvalue weighted by atomic mass is 10.0. The van der Waals surface area contributed by atoms with E-state index in [1.54, 1.807) is 4.90 Å². The minimum Gasteiger partial charge on any atom is -0.310 e. The Morgan fingerprint density at radius 3 is 2.43 bits per heavy atom. The van der Waals surface area contributed by atoms with E-state index in [0.29, 0.717) is 6.42 Å². The number of amides is 3. The summed E-state index contributed by atoms with van der Waals surface area (Å²) in [5.74, 6) is -1.37. The number of carbonyl (C=O) groups excluding carboxylic acids is 3. The molecule has 0 saturated carbocycles. The topological polar surface area (TPSA) is 103 Å². The number of nitrogens with one attached hydrogen (secondary N) is 4. The molecule has 3 unspecified atom stereocenters. The van der Waals surface area contributed by atoms with Gasteiger partial charge in [-0.1, -0.05) is 42.5 Å². The predicted molar refractivity (Wildman–Crippen MR) is 115 cm³/mol. The van der Waals surface area contributed by atoms with Crippen LogP contribution in [0.3, 0.4) is 0 Å². The van der Waals surface area contributed by atoms with Crippen molar-refractivity contribution in [1.82, 2.24) is 21.7 Å². The smallest absolute Gasteiger partial charge is 0.256 e. The van der Waals surface area contributed by atoms with Crippen LogP contribution in [0.2, 0.25) is 0 Å². The average molecular weight is 472 g/mol. The number of benzene rings is 2. The van der Waals surface area contributed by atoms with Gasteiger partial charge in [-0.25, -0.2) is 10.9 Å². The summed E-state index contributed by atoms with van der Waals surface area (Å²) in [6.45, 7) is 0.266. The second kappa shape index (κ2) is 8.95. The monoisotopic (exact) mass is 471 g/mol. The summed E-state index contributed by atoms with van der Waals surface area (Å²) in [5.41, 5.74) is 12.8. The van der Waals surface area contributed by atoms with Gasteiger partial charge in [0.15, 0.2) is 0 Å². The van der Waals surface area contributed by atoms with Crippen molar-refractivity contribution < 1.29 is 14.4 Å². The fourth-order valence-corrected chi connectivity index (χ4v) is 4.23. The van der Waals surface area contributed by atoms with Gasteiger partial charge in [-0.05, 0) is 40.0 Å². The molecule has 156 valence electrons. The molecule has 0 bridgehead atoms. The van der Waals surface area contributed by atoms with Crippen molar-refractivity contribution in [2.45, 2.75) is 24.9 Å². The zero-order chi connectivity index (χ0) is 21.1. The molecule has 30 heavy (non-hydrogen) atoms. The highest BCUT2D eigenvalue weighted by Crippen LogP contribution is 2.31. The van der Waals surface area contributed by atoms with Gasteiger partial charge < -0.3 is 4.90 Å². The van der Waals surface area contributed by atoms with Crippen molar-refractivity contribution in [3.05, 3.63) is 64.6 Å². The van der Waals surface area contributed by atoms with Gasteiger partial charge in [-0.3, -0.25) is 25.2 Å². The first-order valence-electron chi connectivity index (χ1n) is 9.73. The number of hydrogen-bond acceptors (Lipinski definition) is 5. The van der Waals surface area contributed by atoms with Crippen LogP contribution in [0.25, 0.3) is 0 Å². The molecule has 9 heteroatoms. The van der Waals surface area contributed by atoms with E-state index in [0.717, 1.165) is 15.7 Å². The Bertz CT molecular complexity index is 955. The number of carbonyl (C=O) groups is 3. The molecule has 0 aliphatic carbocycles. The molecule has 8 nitrogen and oxygen atoms in total. The van der Waals surface area contributed by atoms with Gasteiger partial charge in [0.05, 0.1) is 11.6 Å². The number of hydrogen-bond donors (Lipinski definition) is 4. The van der Waals surface area contributed by atoms with Crippen molar-refractivity contribution in [2.24, 2.45) is 5.92 Å². The minimum absolute atomic E-state index is 0.0167. The van der Waals surface area contributed by atoms with Crippen molar-refractivity contribution in [1.29, 1.82) is 0 Å². The molecule has 2 aromatic rings. The summed E-state index contributed by atoms with van der Waals surface area (Å²) in [7, 11) is 0. The van der Waals surface area contributed by atoms with E-state index < -0.39 is 12.0 Å². The van der Waals surface area contributed by atoms with Crippen molar-refractivity contribution in [3.8, 4) is 0 Å². The first-order chi connectivity index (χ1) is 14.5. The number of hydrazine groups is 2. The maximum atomic E-state index is 12.5. The SMILES string of the molecule is O=C(NNC(=O)C1CC(c2ccccc2)NN1)C1CC(=O)N(c2ccccc2Br)C1. The molecule has 3 amide bonds. The van der Waals surface area contributed by atoms with Crippen LogP contribution in [0.4, 0.5) is 5.69 Å². The van der Waals surface area contributed by atoms with Crippen molar-refractivity contribution in [2.75, 3.05) is 11.4 Å². The molecule has 2 aromatic carbocycles. The van der Waals surface area contributed by atoms with E-state index in [4.69, 9.17) is 0 Å². The number of para-hydroxylation sites is 1. The zero-order valence-electron chi connectivity index (χ0n) is 16.1. The van der Waals surface area contributed by atoms with Crippen LogP contribution >= 0.6 is 15.9 Å². The molecule has 3 atom stereocenters. The molecule has 4 N–H and O–H groups in total. The van der Waals surface area contributed by atoms with E-state index in [1.165, 1.54) is 0 Å². The van der Waals surface area contributed by atoms with Crippen molar-refractivity contribution in [3.63, 3.8) is 0 Å². The van der Waals surface area contributed by atoms with E-state index in [2.05, 4.69) is 37.6 Å². The molecule has 0 aromatic heterocycles. The van der Waals surface area contributed by atoms with Crippen LogP contribution < -0.4 is 26.6 Å². The Balaban J connectivity index is 1.28. The second-order valence-electron chi connectivity index (χ2n) is 7.38. The van der Waals surface area contributed by atoms with Gasteiger partial charge in [0.2, 0.25) is 11.8 Å². The lowest BCUT2D eigenvalue weighted by Crippen LogP contribution is -2.51. The van der Waals surface area contributed by atoms with Gasteiger partial charge in [0, 0.05) is 23.5 Å². The predicted octanol–water partition coefficient (Wildman–Crippen LogP) is 1.56. The number of halogens is 1. The Morgan fingerprint density at radius 1 is 0.967 bits per heavy atom. The molecular formula is C21H22BrN5O3. The Hall–Kier alpha value is -2.75. The Labute approximate surface area is 182 Å². The third-order valence-corrected chi connectivity index (χ3v) is 6.04. The van der Waals surface area contributed by atoms with Crippen LogP contribution in [0.5, 0.6) is 0 Å². The van der Waals surface area contributed by atoms with Crippen LogP contribution in [0.15, 0.2) is 59.1 Å². The van der Waals surface area contributed by atoms with Gasteiger partial charge in [-0.2, -0.15) is 0 Å². The highest BCUT2D eigenvalue weighted by molar-refractivity contribution is 9.10. The normalized spacial score (nSPS) is 23.4.